The van der Waals surface area contributed by atoms with Crippen LogP contribution in [0.3, 0.4) is 0 Å². The fourth-order valence-electron chi connectivity index (χ4n) is 1.88. The van der Waals surface area contributed by atoms with Crippen LogP contribution in [0.5, 0.6) is 0 Å². The van der Waals surface area contributed by atoms with E-state index < -0.39 is 41.4 Å². The van der Waals surface area contributed by atoms with Crippen molar-refractivity contribution < 1.29 is 29.0 Å². The van der Waals surface area contributed by atoms with Crippen LogP contribution in [0, 0.1) is 17.4 Å². The van der Waals surface area contributed by atoms with Gasteiger partial charge in [-0.2, -0.15) is 0 Å². The highest BCUT2D eigenvalue weighted by molar-refractivity contribution is 14.1. The molecule has 3 aromatic rings. The highest BCUT2D eigenvalue weighted by atomic mass is 127. The lowest BCUT2D eigenvalue weighted by Gasteiger charge is -2.05. The number of aryl methyl sites for hydroxylation is 2. The van der Waals surface area contributed by atoms with Gasteiger partial charge in [-0.3, -0.25) is 3.07 Å². The largest absolute Gasteiger partial charge is 0.744 e. The molecular formula is C20H19IO7S2-2. The van der Waals surface area contributed by atoms with Crippen molar-refractivity contribution in [2.24, 2.45) is 0 Å². The van der Waals surface area contributed by atoms with Gasteiger partial charge in [0.1, 0.15) is 20.2 Å². The van der Waals surface area contributed by atoms with E-state index in [0.717, 1.165) is 14.7 Å². The van der Waals surface area contributed by atoms with Crippen LogP contribution in [-0.4, -0.2) is 25.9 Å². The average Bonchev–Trinajstić information content (AvgIpc) is 2.69. The first kappa shape index (κ1) is 26.0. The minimum Gasteiger partial charge on any atom is -0.744 e. The maximum absolute atomic E-state index is 10.4. The molecule has 162 valence electrons. The molecule has 0 radical (unpaired) electrons. The predicted molar refractivity (Wildman–Crippen MR) is 118 cm³/mol. The zero-order chi connectivity index (χ0) is 22.8. The summed E-state index contributed by atoms with van der Waals surface area (Å²) in [6.45, 7) is 3.64. The van der Waals surface area contributed by atoms with Gasteiger partial charge in [0.25, 0.3) is 0 Å². The third-order valence-electron chi connectivity index (χ3n) is 3.44. The third kappa shape index (κ3) is 10.2. The number of benzene rings is 3. The third-order valence-corrected chi connectivity index (χ3v) is 6.37. The van der Waals surface area contributed by atoms with E-state index in [1.165, 1.54) is 24.3 Å². The van der Waals surface area contributed by atoms with Crippen molar-refractivity contribution >= 4 is 41.4 Å². The van der Waals surface area contributed by atoms with Crippen LogP contribution < -0.4 is 0 Å². The molecule has 0 aliphatic carbocycles. The van der Waals surface area contributed by atoms with Crippen molar-refractivity contribution in [3.8, 4) is 0 Å². The summed E-state index contributed by atoms with van der Waals surface area (Å²) >= 11 is -0.941. The minimum atomic E-state index is -4.27. The van der Waals surface area contributed by atoms with Crippen molar-refractivity contribution in [2.75, 3.05) is 0 Å². The molecule has 3 rings (SSSR count). The normalized spacial score (nSPS) is 10.8. The number of hydrogen-bond donors (Lipinski definition) is 0. The summed E-state index contributed by atoms with van der Waals surface area (Å²) in [6.07, 6.45) is 0. The molecular weight excluding hydrogens is 543 g/mol. The van der Waals surface area contributed by atoms with Gasteiger partial charge in [-0.05, 0) is 50.2 Å². The highest BCUT2D eigenvalue weighted by Gasteiger charge is 1.98. The van der Waals surface area contributed by atoms with E-state index >= 15 is 0 Å². The fraction of sp³-hybridized carbons (Fsp3) is 0.100. The van der Waals surface area contributed by atoms with Gasteiger partial charge in [0.05, 0.1) is 9.79 Å². The lowest BCUT2D eigenvalue weighted by molar-refractivity contribution is 0.461. The van der Waals surface area contributed by atoms with Gasteiger partial charge < -0.3 is 9.11 Å². The van der Waals surface area contributed by atoms with E-state index in [1.54, 1.807) is 24.3 Å². The van der Waals surface area contributed by atoms with Gasteiger partial charge in [0, 0.05) is 3.57 Å². The summed E-state index contributed by atoms with van der Waals surface area (Å²) < 4.78 is 73.5. The van der Waals surface area contributed by atoms with Gasteiger partial charge in [-0.25, -0.2) is 16.8 Å². The van der Waals surface area contributed by atoms with Crippen LogP contribution in [0.25, 0.3) is 0 Å². The van der Waals surface area contributed by atoms with Crippen molar-refractivity contribution in [3.05, 3.63) is 93.6 Å². The SMILES string of the molecule is Cc1ccc(S(=O)(=O)[O-])cc1.Cc1ccc(S(=O)(=O)[O-])cc1.O=Ic1ccccc1. The van der Waals surface area contributed by atoms with Gasteiger partial charge in [0.2, 0.25) is 0 Å². The van der Waals surface area contributed by atoms with Crippen molar-refractivity contribution in [1.29, 1.82) is 0 Å². The van der Waals surface area contributed by atoms with E-state index in [-0.39, 0.29) is 9.79 Å². The van der Waals surface area contributed by atoms with Crippen LogP contribution in [0.1, 0.15) is 11.1 Å². The first-order valence-electron chi connectivity index (χ1n) is 8.30. The number of rotatable bonds is 3. The Balaban J connectivity index is 0.000000228. The second-order valence-corrected chi connectivity index (χ2v) is 10.4. The summed E-state index contributed by atoms with van der Waals surface area (Å²) in [6, 6.07) is 21.0. The Morgan fingerprint density at radius 2 is 0.933 bits per heavy atom. The molecule has 0 atom stereocenters. The highest BCUT2D eigenvalue weighted by Crippen LogP contribution is 2.09. The van der Waals surface area contributed by atoms with E-state index in [0.29, 0.717) is 0 Å². The molecule has 10 heteroatoms. The summed E-state index contributed by atoms with van der Waals surface area (Å²) in [5.41, 5.74) is 1.86. The fourth-order valence-corrected chi connectivity index (χ4v) is 3.52. The molecule has 0 fully saturated rings. The standard InChI is InChI=1S/2C7H8O3S.C6H5IO/c2*1-6-2-4-7(5-3-6)11(8,9)10;8-7-6-4-2-1-3-5-6/h2*2-5H,1H3,(H,8,9,10);1-5H/p-2. The maximum Gasteiger partial charge on any atom is 0.182 e. The Bertz CT molecular complexity index is 1070. The number of halogens is 1. The van der Waals surface area contributed by atoms with Crippen LogP contribution in [0.4, 0.5) is 0 Å². The minimum absolute atomic E-state index is 0.178. The second kappa shape index (κ2) is 12.0. The van der Waals surface area contributed by atoms with Crippen LogP contribution in [0.2, 0.25) is 0 Å². The van der Waals surface area contributed by atoms with Crippen LogP contribution >= 0.6 is 21.2 Å². The zero-order valence-corrected chi connectivity index (χ0v) is 19.8. The molecule has 30 heavy (non-hydrogen) atoms. The summed E-state index contributed by atoms with van der Waals surface area (Å²) in [7, 11) is -8.54. The quantitative estimate of drug-likeness (QED) is 0.349. The Hall–Kier alpha value is -1.99. The molecule has 0 heterocycles. The Labute approximate surface area is 186 Å². The van der Waals surface area contributed by atoms with Gasteiger partial charge in [-0.15, -0.1) is 0 Å². The molecule has 0 aliphatic rings. The molecule has 0 bridgehead atoms. The smallest absolute Gasteiger partial charge is 0.182 e. The molecule has 0 saturated carbocycles. The molecule has 0 amide bonds. The van der Waals surface area contributed by atoms with Crippen LogP contribution in [-0.2, 0) is 23.3 Å². The summed E-state index contributed by atoms with van der Waals surface area (Å²) in [5.74, 6) is 0. The van der Waals surface area contributed by atoms with E-state index in [1.807, 2.05) is 44.2 Å². The molecule has 0 N–H and O–H groups in total. The van der Waals surface area contributed by atoms with Crippen molar-refractivity contribution in [1.82, 2.24) is 0 Å². The topological polar surface area (TPSA) is 131 Å². The summed E-state index contributed by atoms with van der Waals surface area (Å²) in [4.78, 5) is -0.355. The monoisotopic (exact) mass is 562 g/mol. The van der Waals surface area contributed by atoms with Gasteiger partial charge >= 0.3 is 0 Å². The molecule has 0 saturated heterocycles. The molecule has 0 unspecified atom stereocenters. The van der Waals surface area contributed by atoms with Gasteiger partial charge in [-0.1, -0.05) is 53.6 Å². The van der Waals surface area contributed by atoms with Gasteiger partial charge in [0.15, 0.2) is 21.2 Å². The maximum atomic E-state index is 10.4. The predicted octanol–water partition coefficient (Wildman–Crippen LogP) is 3.97. The first-order valence-corrected chi connectivity index (χ1v) is 13.1. The van der Waals surface area contributed by atoms with E-state index in [9.17, 15) is 29.0 Å². The van der Waals surface area contributed by atoms with Crippen LogP contribution in [0.15, 0.2) is 88.7 Å². The lowest BCUT2D eigenvalue weighted by Crippen LogP contribution is -1.97. The van der Waals surface area contributed by atoms with E-state index in [4.69, 9.17) is 0 Å². The molecule has 0 aliphatic heterocycles. The second-order valence-electron chi connectivity index (χ2n) is 5.91. The first-order chi connectivity index (χ1) is 13.9. The average molecular weight is 562 g/mol. The Morgan fingerprint density at radius 1 is 0.600 bits per heavy atom. The Morgan fingerprint density at radius 3 is 1.17 bits per heavy atom. The molecule has 0 aromatic heterocycles. The molecule has 3 aromatic carbocycles. The van der Waals surface area contributed by atoms with Crippen molar-refractivity contribution in [2.45, 2.75) is 23.6 Å². The number of hydrogen-bond acceptors (Lipinski definition) is 7. The zero-order valence-electron chi connectivity index (χ0n) is 16.1. The molecule has 7 nitrogen and oxygen atoms in total. The molecule has 0 spiro atoms. The summed E-state index contributed by atoms with van der Waals surface area (Å²) in [5, 5.41) is 0. The Kier molecular flexibility index (Phi) is 10.4. The van der Waals surface area contributed by atoms with Crippen molar-refractivity contribution in [3.63, 3.8) is 0 Å². The van der Waals surface area contributed by atoms with E-state index in [2.05, 4.69) is 0 Å². The lowest BCUT2D eigenvalue weighted by atomic mass is 10.2.